The number of nitrogens with zero attached hydrogens (tertiary/aromatic N) is 1. The van der Waals surface area contributed by atoms with E-state index in [1.165, 1.54) is 70.6 Å². The Hall–Kier alpha value is -1.77. The Morgan fingerprint density at radius 3 is 2.21 bits per heavy atom. The molecule has 2 atom stereocenters. The Bertz CT molecular complexity index is 623. The number of hydrogen-bond donors (Lipinski definition) is 0. The van der Waals surface area contributed by atoms with E-state index in [9.17, 15) is 0 Å². The Balaban J connectivity index is 1.25. The second kappa shape index (κ2) is 11.9. The zero-order chi connectivity index (χ0) is 19.4. The molecule has 1 fully saturated rings. The average Bonchev–Trinajstić information content (AvgIpc) is 3.31. The first-order valence-electron chi connectivity index (χ1n) is 11.5. The Kier molecular flexibility index (Phi) is 8.93. The lowest BCUT2D eigenvalue weighted by atomic mass is 10.0. The second-order valence-electron chi connectivity index (χ2n) is 8.15. The van der Waals surface area contributed by atoms with Crippen LogP contribution < -0.4 is 0 Å². The summed E-state index contributed by atoms with van der Waals surface area (Å²) in [5.74, 6) is 1.76. The minimum Gasteiger partial charge on any atom is -0.492 e. The van der Waals surface area contributed by atoms with Gasteiger partial charge in [-0.15, -0.1) is 0 Å². The van der Waals surface area contributed by atoms with E-state index in [2.05, 4.69) is 25.1 Å². The fourth-order valence-electron chi connectivity index (χ4n) is 4.03. The fraction of sp³-hybridized carbons (Fsp3) is 0.640. The maximum absolute atomic E-state index is 6.10. The molecule has 0 aliphatic carbocycles. The highest BCUT2D eigenvalue weighted by Crippen LogP contribution is 2.31. The van der Waals surface area contributed by atoms with E-state index < -0.39 is 0 Å². The van der Waals surface area contributed by atoms with Gasteiger partial charge in [0.15, 0.2) is 6.10 Å². The van der Waals surface area contributed by atoms with Crippen molar-refractivity contribution in [2.75, 3.05) is 6.61 Å². The zero-order valence-corrected chi connectivity index (χ0v) is 17.6. The lowest BCUT2D eigenvalue weighted by molar-refractivity contribution is 0.208. The number of allylic oxidation sites excluding steroid dienone is 1. The quantitative estimate of drug-likeness (QED) is 0.350. The normalized spacial score (nSPS) is 22.0. The minimum atomic E-state index is -0.0112. The molecule has 0 amide bonds. The largest absolute Gasteiger partial charge is 0.492 e. The van der Waals surface area contributed by atoms with Gasteiger partial charge in [-0.05, 0) is 31.1 Å². The van der Waals surface area contributed by atoms with Crippen LogP contribution in [-0.2, 0) is 9.47 Å². The third-order valence-electron chi connectivity index (χ3n) is 5.75. The number of unbranched alkanes of at least 4 members (excludes halogenated alkanes) is 11. The number of fused-ring (bicyclic) bond motifs is 1. The van der Waals surface area contributed by atoms with Crippen LogP contribution in [0.3, 0.4) is 0 Å². The van der Waals surface area contributed by atoms with Gasteiger partial charge in [-0.3, -0.25) is 0 Å². The van der Waals surface area contributed by atoms with Crippen molar-refractivity contribution in [1.29, 1.82) is 0 Å². The van der Waals surface area contributed by atoms with Crippen LogP contribution in [0.1, 0.15) is 89.5 Å². The van der Waals surface area contributed by atoms with Crippen LogP contribution in [0.4, 0.5) is 0 Å². The molecule has 0 bridgehead atoms. The van der Waals surface area contributed by atoms with E-state index in [4.69, 9.17) is 14.5 Å². The molecule has 0 unspecified atom stereocenters. The Labute approximate surface area is 171 Å². The minimum absolute atomic E-state index is 0.0112. The fourth-order valence-corrected chi connectivity index (χ4v) is 4.03. The van der Waals surface area contributed by atoms with Gasteiger partial charge < -0.3 is 9.47 Å². The lowest BCUT2D eigenvalue weighted by Gasteiger charge is -2.10. The summed E-state index contributed by atoms with van der Waals surface area (Å²) in [6, 6.07) is 10.3. The van der Waals surface area contributed by atoms with Crippen molar-refractivity contribution < 1.29 is 9.47 Å². The first kappa shape index (κ1) is 21.0. The van der Waals surface area contributed by atoms with Crippen LogP contribution in [0, 0.1) is 0 Å². The molecule has 0 aromatic heterocycles. The first-order valence-corrected chi connectivity index (χ1v) is 11.5. The highest BCUT2D eigenvalue weighted by molar-refractivity contribution is 5.95. The lowest BCUT2D eigenvalue weighted by Crippen LogP contribution is -2.18. The van der Waals surface area contributed by atoms with Crippen molar-refractivity contribution in [2.24, 2.45) is 4.99 Å². The second-order valence-corrected chi connectivity index (χ2v) is 8.15. The number of benzene rings is 1. The van der Waals surface area contributed by atoms with E-state index >= 15 is 0 Å². The molecule has 3 nitrogen and oxygen atoms in total. The maximum Gasteiger partial charge on any atom is 0.217 e. The van der Waals surface area contributed by atoms with Crippen LogP contribution in [0.25, 0.3) is 0 Å². The van der Waals surface area contributed by atoms with E-state index in [1.54, 1.807) is 0 Å². The van der Waals surface area contributed by atoms with Gasteiger partial charge in [0, 0.05) is 5.56 Å². The van der Waals surface area contributed by atoms with Gasteiger partial charge in [0.2, 0.25) is 5.90 Å². The summed E-state index contributed by atoms with van der Waals surface area (Å²) in [4.78, 5) is 4.71. The Morgan fingerprint density at radius 2 is 1.54 bits per heavy atom. The zero-order valence-electron chi connectivity index (χ0n) is 17.6. The molecule has 1 aromatic rings. The molecule has 0 N–H and O–H groups in total. The van der Waals surface area contributed by atoms with Crippen molar-refractivity contribution in [3.63, 3.8) is 0 Å². The molecule has 0 saturated carbocycles. The molecule has 3 rings (SSSR count). The van der Waals surface area contributed by atoms with Crippen molar-refractivity contribution in [2.45, 2.75) is 96.1 Å². The molecule has 154 valence electrons. The molecule has 28 heavy (non-hydrogen) atoms. The molecule has 2 aliphatic rings. The molecule has 1 saturated heterocycles. The van der Waals surface area contributed by atoms with Gasteiger partial charge in [0.05, 0.1) is 0 Å². The molecular formula is C25H37NO2. The summed E-state index contributed by atoms with van der Waals surface area (Å²) >= 11 is 0. The van der Waals surface area contributed by atoms with Crippen molar-refractivity contribution in [3.05, 3.63) is 47.7 Å². The van der Waals surface area contributed by atoms with Crippen LogP contribution in [0.15, 0.2) is 47.2 Å². The predicted octanol–water partition coefficient (Wildman–Crippen LogP) is 6.82. The van der Waals surface area contributed by atoms with Crippen LogP contribution in [0.2, 0.25) is 0 Å². The van der Waals surface area contributed by atoms with E-state index in [-0.39, 0.29) is 12.1 Å². The van der Waals surface area contributed by atoms with Crippen LogP contribution >= 0.6 is 0 Å². The summed E-state index contributed by atoms with van der Waals surface area (Å²) in [6.45, 7) is 2.93. The first-order chi connectivity index (χ1) is 13.9. The van der Waals surface area contributed by atoms with E-state index in [0.29, 0.717) is 6.61 Å². The topological polar surface area (TPSA) is 30.8 Å². The molecule has 3 heteroatoms. The number of rotatable bonds is 13. The van der Waals surface area contributed by atoms with Gasteiger partial charge in [-0.1, -0.05) is 89.3 Å². The van der Waals surface area contributed by atoms with E-state index in [1.807, 2.05) is 18.2 Å². The monoisotopic (exact) mass is 383 g/mol. The van der Waals surface area contributed by atoms with Gasteiger partial charge in [-0.2, -0.15) is 0 Å². The molecular weight excluding hydrogens is 346 g/mol. The van der Waals surface area contributed by atoms with Crippen molar-refractivity contribution in [3.8, 4) is 0 Å². The van der Waals surface area contributed by atoms with Gasteiger partial charge in [-0.25, -0.2) is 4.99 Å². The van der Waals surface area contributed by atoms with Crippen LogP contribution in [-0.4, -0.2) is 24.7 Å². The van der Waals surface area contributed by atoms with Crippen LogP contribution in [0.5, 0.6) is 0 Å². The maximum atomic E-state index is 6.10. The molecule has 2 aliphatic heterocycles. The molecule has 0 radical (unpaired) electrons. The molecule has 1 aromatic carbocycles. The van der Waals surface area contributed by atoms with Gasteiger partial charge in [0.1, 0.15) is 18.4 Å². The average molecular weight is 384 g/mol. The summed E-state index contributed by atoms with van der Waals surface area (Å²) in [7, 11) is 0. The molecule has 2 heterocycles. The summed E-state index contributed by atoms with van der Waals surface area (Å²) in [6.07, 6.45) is 18.5. The SMILES string of the molecule is CCCCCCCCCCCCC/C=C1/OC[C@@H]2N=C(c3ccccc3)O[C@H]12. The van der Waals surface area contributed by atoms with Gasteiger partial charge >= 0.3 is 0 Å². The van der Waals surface area contributed by atoms with E-state index in [0.717, 1.165) is 23.6 Å². The highest BCUT2D eigenvalue weighted by Gasteiger charge is 2.41. The third kappa shape index (κ3) is 6.39. The predicted molar refractivity (Wildman–Crippen MR) is 117 cm³/mol. The summed E-state index contributed by atoms with van der Waals surface area (Å²) < 4.78 is 11.9. The number of aliphatic imine (C=N–C) groups is 1. The van der Waals surface area contributed by atoms with Crippen molar-refractivity contribution >= 4 is 5.90 Å². The molecule has 0 spiro atoms. The van der Waals surface area contributed by atoms with Gasteiger partial charge in [0.25, 0.3) is 0 Å². The number of ether oxygens (including phenoxy) is 2. The Morgan fingerprint density at radius 1 is 0.893 bits per heavy atom. The summed E-state index contributed by atoms with van der Waals surface area (Å²) in [5, 5.41) is 0. The highest BCUT2D eigenvalue weighted by atomic mass is 16.6. The smallest absolute Gasteiger partial charge is 0.217 e. The standard InChI is InChI=1S/C25H37NO2/c1-2-3-4-5-6-7-8-9-10-11-12-16-19-23-24-22(20-27-23)26-25(28-24)21-17-14-13-15-18-21/h13-15,17-19,22,24H,2-12,16,20H2,1H3/b23-19+/t22-,24-/m0/s1. The van der Waals surface area contributed by atoms with Crippen molar-refractivity contribution in [1.82, 2.24) is 0 Å². The third-order valence-corrected chi connectivity index (χ3v) is 5.75. The number of hydrogen-bond acceptors (Lipinski definition) is 3. The summed E-state index contributed by atoms with van der Waals surface area (Å²) in [5.41, 5.74) is 1.06.